The normalized spacial score (nSPS) is 31.9. The van der Waals surface area contributed by atoms with Crippen molar-refractivity contribution in [1.82, 2.24) is 0 Å². The highest BCUT2D eigenvalue weighted by molar-refractivity contribution is 5.80. The van der Waals surface area contributed by atoms with Crippen LogP contribution in [0.4, 0.5) is 4.39 Å². The summed E-state index contributed by atoms with van der Waals surface area (Å²) in [6.07, 6.45) is 2.52. The van der Waals surface area contributed by atoms with Crippen molar-refractivity contribution in [2.24, 2.45) is 11.8 Å². The van der Waals surface area contributed by atoms with Gasteiger partial charge in [0, 0.05) is 11.0 Å². The van der Waals surface area contributed by atoms with Gasteiger partial charge >= 0.3 is 5.97 Å². The van der Waals surface area contributed by atoms with Gasteiger partial charge in [0.05, 0.1) is 13.0 Å². The number of fused-ring (bicyclic) bond motifs is 2. The number of hydrogen-bond acceptors (Lipinski definition) is 3. The first-order valence-electron chi connectivity index (χ1n) is 6.62. The first kappa shape index (κ1) is 12.5. The zero-order valence-corrected chi connectivity index (χ0v) is 11.1. The van der Waals surface area contributed by atoms with E-state index in [9.17, 15) is 14.3 Å². The zero-order valence-electron chi connectivity index (χ0n) is 11.1. The molecule has 0 bridgehead atoms. The van der Waals surface area contributed by atoms with Crippen molar-refractivity contribution in [3.8, 4) is 5.75 Å². The van der Waals surface area contributed by atoms with Gasteiger partial charge in [0.15, 0.2) is 11.6 Å². The molecule has 1 aromatic carbocycles. The number of phenolic OH excluding ortho intramolecular Hbond substituents is 1. The summed E-state index contributed by atoms with van der Waals surface area (Å²) in [5, 5.41) is 9.61. The fourth-order valence-electron chi connectivity index (χ4n) is 3.95. The van der Waals surface area contributed by atoms with Crippen LogP contribution in [0.1, 0.15) is 30.9 Å². The molecule has 1 fully saturated rings. The Morgan fingerprint density at radius 2 is 2.26 bits per heavy atom. The third-order valence-corrected chi connectivity index (χ3v) is 4.92. The Labute approximate surface area is 111 Å². The second-order valence-corrected chi connectivity index (χ2v) is 5.62. The van der Waals surface area contributed by atoms with Gasteiger partial charge in [-0.15, -0.1) is 0 Å². The summed E-state index contributed by atoms with van der Waals surface area (Å²) >= 11 is 0. The van der Waals surface area contributed by atoms with Crippen molar-refractivity contribution in [3.05, 3.63) is 29.1 Å². The summed E-state index contributed by atoms with van der Waals surface area (Å²) in [5.41, 5.74) is 0.991. The molecule has 3 atom stereocenters. The molecular weight excluding hydrogens is 247 g/mol. The molecule has 0 heterocycles. The molecule has 2 aliphatic carbocycles. The van der Waals surface area contributed by atoms with E-state index in [0.717, 1.165) is 24.8 Å². The van der Waals surface area contributed by atoms with Crippen molar-refractivity contribution >= 4 is 5.97 Å². The number of esters is 1. The maximum Gasteiger partial charge on any atom is 0.309 e. The highest BCUT2D eigenvalue weighted by atomic mass is 19.1. The van der Waals surface area contributed by atoms with Gasteiger partial charge in [-0.2, -0.15) is 0 Å². The van der Waals surface area contributed by atoms with Gasteiger partial charge in [-0.3, -0.25) is 4.79 Å². The minimum Gasteiger partial charge on any atom is -0.505 e. The molecular formula is C15H17FO3. The number of carbonyl (C=O) groups excluding carboxylic acids is 1. The summed E-state index contributed by atoms with van der Waals surface area (Å²) < 4.78 is 19.2. The monoisotopic (exact) mass is 264 g/mol. The third kappa shape index (κ3) is 1.46. The Kier molecular flexibility index (Phi) is 2.59. The van der Waals surface area contributed by atoms with Gasteiger partial charge < -0.3 is 9.84 Å². The molecule has 1 saturated carbocycles. The van der Waals surface area contributed by atoms with Crippen LogP contribution >= 0.6 is 0 Å². The summed E-state index contributed by atoms with van der Waals surface area (Å²) in [6.45, 7) is 1.96. The fourth-order valence-corrected chi connectivity index (χ4v) is 3.95. The molecule has 1 spiro atoms. The summed E-state index contributed by atoms with van der Waals surface area (Å²) in [7, 11) is 1.36. The van der Waals surface area contributed by atoms with Crippen molar-refractivity contribution < 1.29 is 19.0 Å². The number of hydrogen-bond donors (Lipinski definition) is 1. The number of aromatic hydroxyl groups is 1. The van der Waals surface area contributed by atoms with E-state index in [1.807, 2.05) is 6.92 Å². The average Bonchev–Trinajstić information content (AvgIpc) is 2.98. The molecule has 2 aliphatic rings. The number of ether oxygens (including phenoxy) is 1. The maximum absolute atomic E-state index is 14.3. The lowest BCUT2D eigenvalue weighted by molar-refractivity contribution is -0.143. The first-order valence-corrected chi connectivity index (χ1v) is 6.62. The van der Waals surface area contributed by atoms with E-state index in [2.05, 4.69) is 0 Å². The predicted molar refractivity (Wildman–Crippen MR) is 67.4 cm³/mol. The molecule has 0 saturated heterocycles. The van der Waals surface area contributed by atoms with Crippen LogP contribution in [0.5, 0.6) is 5.75 Å². The lowest BCUT2D eigenvalue weighted by atomic mass is 9.77. The molecule has 19 heavy (non-hydrogen) atoms. The summed E-state index contributed by atoms with van der Waals surface area (Å²) in [5.74, 6) is -1.38. The van der Waals surface area contributed by atoms with Gasteiger partial charge in [-0.05, 0) is 36.8 Å². The van der Waals surface area contributed by atoms with Gasteiger partial charge in [0.1, 0.15) is 0 Å². The highest BCUT2D eigenvalue weighted by Crippen LogP contribution is 2.66. The SMILES string of the molecule is COC(=O)C1C(C)C12CCCc1ccc(O)c(F)c12. The molecule has 0 radical (unpaired) electrons. The number of halogens is 1. The first-order chi connectivity index (χ1) is 9.04. The lowest BCUT2D eigenvalue weighted by Gasteiger charge is -2.27. The second-order valence-electron chi connectivity index (χ2n) is 5.62. The highest BCUT2D eigenvalue weighted by Gasteiger charge is 2.68. The molecule has 4 heteroatoms. The minimum atomic E-state index is -0.560. The van der Waals surface area contributed by atoms with Crippen LogP contribution in [-0.2, 0) is 21.4 Å². The summed E-state index contributed by atoms with van der Waals surface area (Å²) in [4.78, 5) is 11.9. The summed E-state index contributed by atoms with van der Waals surface area (Å²) in [6, 6.07) is 3.17. The Hall–Kier alpha value is -1.58. The van der Waals surface area contributed by atoms with Crippen LogP contribution in [0.15, 0.2) is 12.1 Å². The van der Waals surface area contributed by atoms with Crippen LogP contribution in [0, 0.1) is 17.7 Å². The van der Waals surface area contributed by atoms with Gasteiger partial charge in [-0.1, -0.05) is 13.0 Å². The zero-order chi connectivity index (χ0) is 13.8. The molecule has 1 aromatic rings. The molecule has 0 aromatic heterocycles. The second kappa shape index (κ2) is 3.95. The van der Waals surface area contributed by atoms with Crippen LogP contribution in [0.25, 0.3) is 0 Å². The quantitative estimate of drug-likeness (QED) is 0.793. The van der Waals surface area contributed by atoms with E-state index in [0.29, 0.717) is 5.56 Å². The topological polar surface area (TPSA) is 46.5 Å². The number of benzene rings is 1. The van der Waals surface area contributed by atoms with Crippen molar-refractivity contribution in [1.29, 1.82) is 0 Å². The standard InChI is InChI=1S/C15H17FO3/c1-8-11(14(18)19-2)15(8)7-3-4-9-5-6-10(17)13(16)12(9)15/h5-6,8,11,17H,3-4,7H2,1-2H3. The Morgan fingerprint density at radius 3 is 2.95 bits per heavy atom. The Balaban J connectivity index is 2.14. The van der Waals surface area contributed by atoms with E-state index < -0.39 is 11.2 Å². The molecule has 0 aliphatic heterocycles. The van der Waals surface area contributed by atoms with E-state index in [-0.39, 0.29) is 23.6 Å². The number of carbonyl (C=O) groups is 1. The Morgan fingerprint density at radius 1 is 1.53 bits per heavy atom. The molecule has 3 nitrogen and oxygen atoms in total. The molecule has 3 unspecified atom stereocenters. The number of methoxy groups -OCH3 is 1. The van der Waals surface area contributed by atoms with Gasteiger partial charge in [0.25, 0.3) is 0 Å². The van der Waals surface area contributed by atoms with E-state index in [4.69, 9.17) is 4.74 Å². The van der Waals surface area contributed by atoms with Gasteiger partial charge in [0.2, 0.25) is 0 Å². The maximum atomic E-state index is 14.3. The van der Waals surface area contributed by atoms with Crippen LogP contribution in [0.3, 0.4) is 0 Å². The van der Waals surface area contributed by atoms with E-state index in [1.54, 1.807) is 6.07 Å². The Bertz CT molecular complexity index is 555. The molecule has 1 N–H and O–H groups in total. The molecule has 102 valence electrons. The largest absolute Gasteiger partial charge is 0.505 e. The predicted octanol–water partition coefficient (Wildman–Crippen LogP) is 2.54. The number of rotatable bonds is 1. The fraction of sp³-hybridized carbons (Fsp3) is 0.533. The molecule has 0 amide bonds. The van der Waals surface area contributed by atoms with Crippen LogP contribution in [0.2, 0.25) is 0 Å². The van der Waals surface area contributed by atoms with Crippen molar-refractivity contribution in [2.75, 3.05) is 7.11 Å². The number of aryl methyl sites for hydroxylation is 1. The number of phenols is 1. The van der Waals surface area contributed by atoms with E-state index in [1.165, 1.54) is 13.2 Å². The average molecular weight is 264 g/mol. The van der Waals surface area contributed by atoms with Crippen LogP contribution in [-0.4, -0.2) is 18.2 Å². The van der Waals surface area contributed by atoms with E-state index >= 15 is 0 Å². The van der Waals surface area contributed by atoms with Gasteiger partial charge in [-0.25, -0.2) is 4.39 Å². The van der Waals surface area contributed by atoms with Crippen molar-refractivity contribution in [2.45, 2.75) is 31.6 Å². The minimum absolute atomic E-state index is 0.0651. The van der Waals surface area contributed by atoms with Crippen LogP contribution < -0.4 is 0 Å². The van der Waals surface area contributed by atoms with Crippen molar-refractivity contribution in [3.63, 3.8) is 0 Å². The third-order valence-electron chi connectivity index (χ3n) is 4.92. The lowest BCUT2D eigenvalue weighted by Crippen LogP contribution is -2.24. The smallest absolute Gasteiger partial charge is 0.309 e. The molecule has 3 rings (SSSR count).